The van der Waals surface area contributed by atoms with E-state index in [1.54, 1.807) is 74.7 Å². The Hall–Kier alpha value is -5.45. The van der Waals surface area contributed by atoms with Crippen molar-refractivity contribution >= 4 is 34.7 Å². The molecule has 1 aromatic heterocycles. The van der Waals surface area contributed by atoms with Gasteiger partial charge in [-0.05, 0) is 48.9 Å². The Balaban J connectivity index is 1.56. The van der Waals surface area contributed by atoms with Crippen LogP contribution in [-0.2, 0) is 4.79 Å². The van der Waals surface area contributed by atoms with Gasteiger partial charge in [0, 0.05) is 29.2 Å². The van der Waals surface area contributed by atoms with Gasteiger partial charge >= 0.3 is 0 Å². The number of fused-ring (bicyclic) bond motifs is 1. The molecule has 0 fully saturated rings. The van der Waals surface area contributed by atoms with E-state index in [-0.39, 0.29) is 16.8 Å². The summed E-state index contributed by atoms with van der Waals surface area (Å²) in [5, 5.41) is 24.8. The number of carbonyl (C=O) groups excluding carboxylic acids is 2. The number of rotatable bonds is 7. The number of nitrogens with zero attached hydrogens (tertiary/aromatic N) is 3. The second-order valence-electron chi connectivity index (χ2n) is 8.77. The number of hydrogen-bond donors (Lipinski definition) is 3. The van der Waals surface area contributed by atoms with Crippen LogP contribution in [0.4, 0.5) is 22.9 Å². The molecular formula is C28H24N6O5. The highest BCUT2D eigenvalue weighted by Gasteiger charge is 2.36. The molecule has 0 aliphatic carbocycles. The van der Waals surface area contributed by atoms with E-state index in [0.717, 1.165) is 0 Å². The molecule has 1 aliphatic heterocycles. The van der Waals surface area contributed by atoms with Crippen LogP contribution in [0.5, 0.6) is 5.75 Å². The van der Waals surface area contributed by atoms with Gasteiger partial charge in [-0.15, -0.1) is 0 Å². The summed E-state index contributed by atoms with van der Waals surface area (Å²) in [7, 11) is 1.55. The Morgan fingerprint density at radius 3 is 2.36 bits per heavy atom. The standard InChI is InChI=1S/C28H24N6O5/c1-17-24(28(36)32-20-11-13-22(39-2)14-12-20)25(18-7-6-10-21(15-18)34(37)38)33-26(30-17)23(16-29-33)27(35)31-19-8-4-3-5-9-19/h3-16,25,30H,1-2H3,(H,31,35)(H,32,36)/t25-/m0/s1. The highest BCUT2D eigenvalue weighted by atomic mass is 16.6. The third-order valence-electron chi connectivity index (χ3n) is 6.29. The van der Waals surface area contributed by atoms with E-state index in [0.29, 0.717) is 34.2 Å². The van der Waals surface area contributed by atoms with Gasteiger partial charge in [-0.1, -0.05) is 30.3 Å². The number of amides is 2. The third kappa shape index (κ3) is 5.05. The first-order valence-electron chi connectivity index (χ1n) is 12.0. The van der Waals surface area contributed by atoms with Crippen molar-refractivity contribution in [2.75, 3.05) is 23.1 Å². The number of ether oxygens (including phenoxy) is 1. The van der Waals surface area contributed by atoms with E-state index < -0.39 is 22.8 Å². The van der Waals surface area contributed by atoms with Gasteiger partial charge in [-0.2, -0.15) is 5.10 Å². The summed E-state index contributed by atoms with van der Waals surface area (Å²) >= 11 is 0. The molecule has 0 radical (unpaired) electrons. The molecule has 3 aromatic carbocycles. The lowest BCUT2D eigenvalue weighted by molar-refractivity contribution is -0.384. The normalized spacial score (nSPS) is 14.2. The number of nitro benzene ring substituents is 1. The molecule has 0 unspecified atom stereocenters. The van der Waals surface area contributed by atoms with Gasteiger partial charge in [-0.3, -0.25) is 19.7 Å². The van der Waals surface area contributed by atoms with Crippen LogP contribution in [0.3, 0.4) is 0 Å². The number of benzene rings is 3. The number of aromatic nitrogens is 2. The Labute approximate surface area is 223 Å². The van der Waals surface area contributed by atoms with E-state index >= 15 is 0 Å². The van der Waals surface area contributed by atoms with Crippen molar-refractivity contribution in [3.63, 3.8) is 0 Å². The molecule has 0 saturated heterocycles. The van der Waals surface area contributed by atoms with Crippen LogP contribution in [0.1, 0.15) is 28.9 Å². The molecule has 2 amide bonds. The predicted molar refractivity (Wildman–Crippen MR) is 146 cm³/mol. The first kappa shape index (κ1) is 25.2. The number of para-hydroxylation sites is 1. The molecule has 0 spiro atoms. The number of nitro groups is 1. The summed E-state index contributed by atoms with van der Waals surface area (Å²) in [5.41, 5.74) is 2.49. The van der Waals surface area contributed by atoms with Crippen molar-refractivity contribution in [2.45, 2.75) is 13.0 Å². The summed E-state index contributed by atoms with van der Waals surface area (Å²) in [5.74, 6) is 0.169. The number of carbonyl (C=O) groups is 2. The molecule has 4 aromatic rings. The summed E-state index contributed by atoms with van der Waals surface area (Å²) < 4.78 is 6.67. The van der Waals surface area contributed by atoms with Crippen molar-refractivity contribution in [3.05, 3.63) is 118 Å². The van der Waals surface area contributed by atoms with E-state index in [1.165, 1.54) is 23.0 Å². The van der Waals surface area contributed by atoms with Crippen molar-refractivity contribution in [1.82, 2.24) is 9.78 Å². The fourth-order valence-electron chi connectivity index (χ4n) is 4.42. The van der Waals surface area contributed by atoms with Crippen LogP contribution in [-0.4, -0.2) is 33.6 Å². The fourth-order valence-corrected chi connectivity index (χ4v) is 4.42. The second-order valence-corrected chi connectivity index (χ2v) is 8.77. The van der Waals surface area contributed by atoms with Crippen LogP contribution >= 0.6 is 0 Å². The first-order chi connectivity index (χ1) is 18.9. The van der Waals surface area contributed by atoms with E-state index in [1.807, 2.05) is 6.07 Å². The van der Waals surface area contributed by atoms with Crippen LogP contribution < -0.4 is 20.7 Å². The SMILES string of the molecule is COc1ccc(NC(=O)C2=C(C)Nc3c(C(=O)Nc4ccccc4)cnn3[C@H]2c2cccc([N+](=O)[O-])c2)cc1. The van der Waals surface area contributed by atoms with Crippen molar-refractivity contribution in [2.24, 2.45) is 0 Å². The number of nitrogens with one attached hydrogen (secondary N) is 3. The minimum absolute atomic E-state index is 0.130. The summed E-state index contributed by atoms with van der Waals surface area (Å²) in [4.78, 5) is 37.8. The predicted octanol–water partition coefficient (Wildman–Crippen LogP) is 4.98. The Morgan fingerprint density at radius 2 is 1.67 bits per heavy atom. The van der Waals surface area contributed by atoms with Crippen LogP contribution in [0.15, 0.2) is 96.3 Å². The monoisotopic (exact) mass is 524 g/mol. The van der Waals surface area contributed by atoms with Gasteiger partial charge in [0.05, 0.1) is 23.8 Å². The van der Waals surface area contributed by atoms with Crippen LogP contribution in [0, 0.1) is 10.1 Å². The topological polar surface area (TPSA) is 140 Å². The lowest BCUT2D eigenvalue weighted by atomic mass is 9.94. The summed E-state index contributed by atoms with van der Waals surface area (Å²) in [6.45, 7) is 1.71. The maximum atomic E-state index is 13.6. The molecule has 196 valence electrons. The zero-order valence-corrected chi connectivity index (χ0v) is 21.0. The van der Waals surface area contributed by atoms with Gasteiger partial charge in [0.25, 0.3) is 17.5 Å². The lowest BCUT2D eigenvalue weighted by Crippen LogP contribution is -2.32. The van der Waals surface area contributed by atoms with E-state index in [9.17, 15) is 19.7 Å². The average Bonchev–Trinajstić information content (AvgIpc) is 3.36. The number of methoxy groups -OCH3 is 1. The minimum atomic E-state index is -0.849. The highest BCUT2D eigenvalue weighted by Crippen LogP contribution is 2.39. The number of hydrogen-bond acceptors (Lipinski definition) is 7. The lowest BCUT2D eigenvalue weighted by Gasteiger charge is -2.30. The van der Waals surface area contributed by atoms with Gasteiger partial charge in [-0.25, -0.2) is 4.68 Å². The van der Waals surface area contributed by atoms with Gasteiger partial charge in [0.2, 0.25) is 0 Å². The quantitative estimate of drug-likeness (QED) is 0.229. The van der Waals surface area contributed by atoms with E-state index in [4.69, 9.17) is 4.74 Å². The summed E-state index contributed by atoms with van der Waals surface area (Å²) in [6, 6.07) is 21.0. The first-order valence-corrected chi connectivity index (χ1v) is 12.0. The number of non-ortho nitro benzene ring substituents is 1. The number of anilines is 3. The van der Waals surface area contributed by atoms with Crippen molar-refractivity contribution in [3.8, 4) is 5.75 Å². The Kier molecular flexibility index (Phi) is 6.79. The zero-order chi connectivity index (χ0) is 27.5. The minimum Gasteiger partial charge on any atom is -0.497 e. The van der Waals surface area contributed by atoms with Gasteiger partial charge in [0.15, 0.2) is 0 Å². The summed E-state index contributed by atoms with van der Waals surface area (Å²) in [6.07, 6.45) is 1.41. The molecule has 1 aliphatic rings. The number of allylic oxidation sites excluding steroid dienone is 1. The Morgan fingerprint density at radius 1 is 0.974 bits per heavy atom. The molecular weight excluding hydrogens is 500 g/mol. The molecule has 0 bridgehead atoms. The van der Waals surface area contributed by atoms with Gasteiger partial charge in [0.1, 0.15) is 23.2 Å². The smallest absolute Gasteiger partial charge is 0.269 e. The van der Waals surface area contributed by atoms with Crippen molar-refractivity contribution < 1.29 is 19.2 Å². The van der Waals surface area contributed by atoms with Crippen LogP contribution in [0.2, 0.25) is 0 Å². The molecule has 5 rings (SSSR count). The maximum Gasteiger partial charge on any atom is 0.269 e. The largest absolute Gasteiger partial charge is 0.497 e. The molecule has 0 saturated carbocycles. The van der Waals surface area contributed by atoms with E-state index in [2.05, 4.69) is 21.0 Å². The highest BCUT2D eigenvalue weighted by molar-refractivity contribution is 6.09. The molecule has 3 N–H and O–H groups in total. The second kappa shape index (κ2) is 10.5. The van der Waals surface area contributed by atoms with Crippen LogP contribution in [0.25, 0.3) is 0 Å². The average molecular weight is 525 g/mol. The fraction of sp³-hybridized carbons (Fsp3) is 0.107. The molecule has 2 heterocycles. The third-order valence-corrected chi connectivity index (χ3v) is 6.29. The molecule has 11 heteroatoms. The maximum absolute atomic E-state index is 13.6. The molecule has 39 heavy (non-hydrogen) atoms. The molecule has 1 atom stereocenters. The van der Waals surface area contributed by atoms with Crippen molar-refractivity contribution in [1.29, 1.82) is 0 Å². The van der Waals surface area contributed by atoms with Gasteiger partial charge < -0.3 is 20.7 Å². The molecule has 11 nitrogen and oxygen atoms in total. The zero-order valence-electron chi connectivity index (χ0n) is 21.0. The Bertz CT molecular complexity index is 1590.